The maximum absolute atomic E-state index is 14.0. The lowest BCUT2D eigenvalue weighted by Gasteiger charge is -2.31. The van der Waals surface area contributed by atoms with Crippen molar-refractivity contribution in [1.82, 2.24) is 14.7 Å². The molecule has 0 aliphatic carbocycles. The Kier molecular flexibility index (Phi) is 14.9. The third-order valence-electron chi connectivity index (χ3n) is 11.2. The number of piperazine rings is 1. The molecule has 0 radical (unpaired) electrons. The van der Waals surface area contributed by atoms with Crippen LogP contribution in [-0.2, 0) is 19.1 Å². The third kappa shape index (κ3) is 11.2. The fourth-order valence-electron chi connectivity index (χ4n) is 8.05. The number of likely N-dealkylation sites (N-methyl/N-ethyl adjacent to an activating group) is 1. The van der Waals surface area contributed by atoms with Gasteiger partial charge in [-0.25, -0.2) is 9.59 Å². The maximum atomic E-state index is 14.0. The summed E-state index contributed by atoms with van der Waals surface area (Å²) in [5, 5.41) is 4.44. The Morgan fingerprint density at radius 1 is 0.902 bits per heavy atom. The third-order valence-corrected chi connectivity index (χ3v) is 11.5. The number of hydrogen-bond acceptors (Lipinski definition) is 11. The molecule has 0 bridgehead atoms. The number of fused-ring (bicyclic) bond motifs is 3. The van der Waals surface area contributed by atoms with Crippen molar-refractivity contribution < 1.29 is 47.7 Å². The van der Waals surface area contributed by atoms with Crippen LogP contribution >= 0.6 is 11.6 Å². The van der Waals surface area contributed by atoms with Crippen LogP contribution in [0.4, 0.5) is 21.0 Å². The number of carbonyl (C=O) groups excluding carboxylic acids is 5. The van der Waals surface area contributed by atoms with E-state index in [0.717, 1.165) is 35.8 Å². The number of hydrogen-bond donors (Lipinski definition) is 1. The highest BCUT2D eigenvalue weighted by atomic mass is 35.5. The number of alkyl halides is 1. The molecule has 6 rings (SSSR count). The summed E-state index contributed by atoms with van der Waals surface area (Å²) in [6, 6.07) is 12.4. The number of ether oxygens (including phenoxy) is 5. The van der Waals surface area contributed by atoms with E-state index in [1.807, 2.05) is 37.4 Å². The Balaban J connectivity index is 1.10. The lowest BCUT2D eigenvalue weighted by Crippen LogP contribution is -2.48. The van der Waals surface area contributed by atoms with Crippen molar-refractivity contribution in [3.63, 3.8) is 0 Å². The summed E-state index contributed by atoms with van der Waals surface area (Å²) < 4.78 is 28.6. The molecule has 16 heteroatoms. The summed E-state index contributed by atoms with van der Waals surface area (Å²) in [5.74, 6) is 0.456. The first-order valence-electron chi connectivity index (χ1n) is 21.0. The van der Waals surface area contributed by atoms with E-state index in [2.05, 4.69) is 10.2 Å². The van der Waals surface area contributed by atoms with Crippen molar-refractivity contribution in [3.8, 4) is 17.2 Å². The number of methoxy groups -OCH3 is 1. The first kappa shape index (κ1) is 45.3. The van der Waals surface area contributed by atoms with Gasteiger partial charge in [-0.3, -0.25) is 19.7 Å². The van der Waals surface area contributed by atoms with E-state index in [4.69, 9.17) is 35.3 Å². The first-order valence-corrected chi connectivity index (χ1v) is 21.6. The number of carbonyl (C=O) groups is 5. The average molecular weight is 864 g/mol. The number of halogens is 1. The highest BCUT2D eigenvalue weighted by Crippen LogP contribution is 2.46. The van der Waals surface area contributed by atoms with Gasteiger partial charge < -0.3 is 43.3 Å². The topological polar surface area (TPSA) is 156 Å². The number of benzene rings is 3. The molecule has 2 atom stereocenters. The first-order chi connectivity index (χ1) is 29.2. The van der Waals surface area contributed by atoms with E-state index >= 15 is 0 Å². The predicted octanol–water partition coefficient (Wildman–Crippen LogP) is 7.42. The van der Waals surface area contributed by atoms with Gasteiger partial charge in [0.2, 0.25) is 5.91 Å². The number of amides is 4. The summed E-state index contributed by atoms with van der Waals surface area (Å²) in [7, 11) is 3.50. The van der Waals surface area contributed by atoms with Crippen LogP contribution in [0.3, 0.4) is 0 Å². The van der Waals surface area contributed by atoms with Gasteiger partial charge in [0.1, 0.15) is 18.0 Å². The van der Waals surface area contributed by atoms with E-state index in [0.29, 0.717) is 80.7 Å². The minimum Gasteiger partial charge on any atom is -0.493 e. The van der Waals surface area contributed by atoms with Crippen molar-refractivity contribution in [2.75, 3.05) is 82.7 Å². The molecule has 3 aromatic rings. The van der Waals surface area contributed by atoms with Crippen molar-refractivity contribution in [1.29, 1.82) is 0 Å². The van der Waals surface area contributed by atoms with Crippen molar-refractivity contribution in [2.45, 2.75) is 83.8 Å². The van der Waals surface area contributed by atoms with Crippen LogP contribution in [0, 0.1) is 0 Å². The minimum absolute atomic E-state index is 0.0470. The van der Waals surface area contributed by atoms with Crippen LogP contribution in [0.15, 0.2) is 42.5 Å². The average Bonchev–Trinajstić information content (AvgIpc) is 3.85. The molecule has 2 fully saturated rings. The molecule has 15 nitrogen and oxygen atoms in total. The number of unbranched alkanes of at least 4 members (excludes halogenated alkanes) is 2. The Hall–Kier alpha value is -5.28. The van der Waals surface area contributed by atoms with Gasteiger partial charge in [-0.2, -0.15) is 0 Å². The summed E-state index contributed by atoms with van der Waals surface area (Å²) in [6.45, 7) is 10.5. The molecule has 2 saturated heterocycles. The predicted molar refractivity (Wildman–Crippen MR) is 232 cm³/mol. The molecule has 4 amide bonds. The number of anilines is 2. The number of esters is 1. The van der Waals surface area contributed by atoms with Gasteiger partial charge >= 0.3 is 18.2 Å². The monoisotopic (exact) mass is 863 g/mol. The van der Waals surface area contributed by atoms with Gasteiger partial charge in [0.05, 0.1) is 36.7 Å². The second kappa shape index (κ2) is 20.1. The van der Waals surface area contributed by atoms with Gasteiger partial charge in [-0.1, -0.05) is 24.3 Å². The zero-order valence-electron chi connectivity index (χ0n) is 36.1. The molecule has 3 aliphatic heterocycles. The van der Waals surface area contributed by atoms with Crippen LogP contribution in [0.2, 0.25) is 0 Å². The molecular formula is C45H58ClN5O10. The summed E-state index contributed by atoms with van der Waals surface area (Å²) >= 11 is 6.50. The van der Waals surface area contributed by atoms with Crippen LogP contribution in [-0.4, -0.2) is 129 Å². The normalized spacial score (nSPS) is 17.9. The van der Waals surface area contributed by atoms with Gasteiger partial charge in [0.25, 0.3) is 5.91 Å². The summed E-state index contributed by atoms with van der Waals surface area (Å²) in [6.07, 6.45) is 2.43. The number of nitrogens with zero attached hydrogens (tertiary/aromatic N) is 4. The van der Waals surface area contributed by atoms with E-state index in [-0.39, 0.29) is 54.7 Å². The molecule has 3 aromatic carbocycles. The standard InChI is InChI=1S/C45H58ClN5O10/c1-29(52)59-28-31-13-12-17-50(31)42(54)34-23-38(57-6)39(24-35(34)47-43(55)61-45(2,3)4)58-22-11-7-8-16-40(53)51-27-30(26-46)41-33-15-10-9-14-32(33)37(25-36(41)51)60-44(56)49-20-18-48(5)19-21-49/h9-10,14-15,23-25,30-31H,7-8,11-13,16-22,26-28H2,1-6H3,(H,47,55). The largest absolute Gasteiger partial charge is 0.493 e. The molecule has 1 N–H and O–H groups in total. The Bertz CT molecular complexity index is 2100. The molecule has 0 spiro atoms. The Morgan fingerprint density at radius 3 is 2.33 bits per heavy atom. The second-order valence-electron chi connectivity index (χ2n) is 16.8. The second-order valence-corrected chi connectivity index (χ2v) is 17.1. The maximum Gasteiger partial charge on any atom is 0.415 e. The van der Waals surface area contributed by atoms with E-state index in [9.17, 15) is 24.0 Å². The van der Waals surface area contributed by atoms with Crippen LogP contribution in [0.25, 0.3) is 10.8 Å². The lowest BCUT2D eigenvalue weighted by atomic mass is 9.95. The molecule has 0 aromatic heterocycles. The molecule has 0 saturated carbocycles. The quantitative estimate of drug-likeness (QED) is 0.0978. The van der Waals surface area contributed by atoms with Crippen LogP contribution in [0.5, 0.6) is 17.2 Å². The zero-order chi connectivity index (χ0) is 43.8. The molecule has 3 heterocycles. The van der Waals surface area contributed by atoms with Crippen LogP contribution in [0.1, 0.15) is 88.1 Å². The van der Waals surface area contributed by atoms with Crippen molar-refractivity contribution in [2.24, 2.45) is 0 Å². The molecular weight excluding hydrogens is 806 g/mol. The van der Waals surface area contributed by atoms with Gasteiger partial charge in [-0.05, 0) is 76.9 Å². The molecule has 61 heavy (non-hydrogen) atoms. The number of likely N-dealkylation sites (tertiary alicyclic amines) is 1. The van der Waals surface area contributed by atoms with E-state index in [1.165, 1.54) is 20.1 Å². The Morgan fingerprint density at radius 2 is 1.64 bits per heavy atom. The molecule has 2 unspecified atom stereocenters. The highest BCUT2D eigenvalue weighted by molar-refractivity contribution is 6.19. The van der Waals surface area contributed by atoms with Gasteiger partial charge in [-0.15, -0.1) is 11.6 Å². The smallest absolute Gasteiger partial charge is 0.415 e. The number of nitrogens with one attached hydrogen (secondary N) is 1. The van der Waals surface area contributed by atoms with Crippen molar-refractivity contribution >= 4 is 63.7 Å². The van der Waals surface area contributed by atoms with E-state index < -0.39 is 23.8 Å². The fourth-order valence-corrected chi connectivity index (χ4v) is 8.30. The summed E-state index contributed by atoms with van der Waals surface area (Å²) in [5.41, 5.74) is 1.28. The summed E-state index contributed by atoms with van der Waals surface area (Å²) in [4.78, 5) is 72.9. The SMILES string of the molecule is COc1cc(C(=O)N2CCCC2COC(C)=O)c(NC(=O)OC(C)(C)C)cc1OCCCCCC(=O)N1CC(CCl)c2c1cc(OC(=O)N1CCN(C)CC1)c1ccccc21. The van der Waals surface area contributed by atoms with Gasteiger partial charge in [0.15, 0.2) is 11.5 Å². The highest BCUT2D eigenvalue weighted by Gasteiger charge is 2.36. The zero-order valence-corrected chi connectivity index (χ0v) is 36.8. The number of rotatable bonds is 14. The fraction of sp³-hybridized carbons (Fsp3) is 0.533. The Labute approximate surface area is 362 Å². The van der Waals surface area contributed by atoms with E-state index in [1.54, 1.807) is 41.5 Å². The van der Waals surface area contributed by atoms with Gasteiger partial charge in [0, 0.05) is 81.9 Å². The molecule has 3 aliphatic rings. The van der Waals surface area contributed by atoms with Crippen LogP contribution < -0.4 is 24.4 Å². The minimum atomic E-state index is -0.786. The molecule has 330 valence electrons. The van der Waals surface area contributed by atoms with Crippen molar-refractivity contribution in [3.05, 3.63) is 53.6 Å². The lowest BCUT2D eigenvalue weighted by molar-refractivity contribution is -0.142.